The minimum atomic E-state index is -0.193. The van der Waals surface area contributed by atoms with Crippen molar-refractivity contribution in [3.8, 4) is 0 Å². The standard InChI is InChI=1S/C8H13ClN4O/c1-5(3-9)8(14)12-6(2)7-10-4-11-13-7/h4-6H,3H2,1-2H3,(H,12,14)(H,10,11,13). The van der Waals surface area contributed by atoms with E-state index in [0.717, 1.165) is 0 Å². The third-order valence-electron chi connectivity index (χ3n) is 1.88. The second-order valence-electron chi connectivity index (χ2n) is 3.16. The van der Waals surface area contributed by atoms with Crippen molar-refractivity contribution in [2.24, 2.45) is 5.92 Å². The highest BCUT2D eigenvalue weighted by molar-refractivity contribution is 6.19. The first-order chi connectivity index (χ1) is 6.65. The van der Waals surface area contributed by atoms with E-state index in [1.807, 2.05) is 6.92 Å². The Labute approximate surface area is 87.3 Å². The lowest BCUT2D eigenvalue weighted by Gasteiger charge is -2.13. The van der Waals surface area contributed by atoms with E-state index in [1.54, 1.807) is 6.92 Å². The molecule has 1 amide bonds. The van der Waals surface area contributed by atoms with Crippen molar-refractivity contribution in [2.45, 2.75) is 19.9 Å². The molecule has 0 saturated heterocycles. The van der Waals surface area contributed by atoms with Crippen molar-refractivity contribution in [1.82, 2.24) is 20.5 Å². The molecule has 6 heteroatoms. The molecule has 0 aliphatic heterocycles. The molecule has 0 saturated carbocycles. The summed E-state index contributed by atoms with van der Waals surface area (Å²) < 4.78 is 0. The number of hydrogen-bond donors (Lipinski definition) is 2. The number of amides is 1. The lowest BCUT2D eigenvalue weighted by Crippen LogP contribution is -2.32. The lowest BCUT2D eigenvalue weighted by atomic mass is 10.2. The van der Waals surface area contributed by atoms with Gasteiger partial charge in [-0.15, -0.1) is 11.6 Å². The fourth-order valence-corrected chi connectivity index (χ4v) is 1.06. The monoisotopic (exact) mass is 216 g/mol. The topological polar surface area (TPSA) is 70.7 Å². The van der Waals surface area contributed by atoms with Gasteiger partial charge in [-0.25, -0.2) is 4.98 Å². The molecule has 0 bridgehead atoms. The van der Waals surface area contributed by atoms with Gasteiger partial charge in [0, 0.05) is 11.8 Å². The molecule has 0 spiro atoms. The minimum Gasteiger partial charge on any atom is -0.346 e. The van der Waals surface area contributed by atoms with Gasteiger partial charge in [-0.05, 0) is 6.92 Å². The van der Waals surface area contributed by atoms with E-state index >= 15 is 0 Å². The highest BCUT2D eigenvalue weighted by atomic mass is 35.5. The number of aromatic amines is 1. The molecule has 5 nitrogen and oxygen atoms in total. The maximum atomic E-state index is 11.4. The predicted molar refractivity (Wildman–Crippen MR) is 52.8 cm³/mol. The van der Waals surface area contributed by atoms with Gasteiger partial charge in [0.2, 0.25) is 5.91 Å². The second-order valence-corrected chi connectivity index (χ2v) is 3.46. The van der Waals surface area contributed by atoms with Gasteiger partial charge < -0.3 is 5.32 Å². The Balaban J connectivity index is 2.49. The molecule has 1 rings (SSSR count). The molecular weight excluding hydrogens is 204 g/mol. The van der Waals surface area contributed by atoms with E-state index < -0.39 is 0 Å². The first-order valence-corrected chi connectivity index (χ1v) is 4.90. The maximum Gasteiger partial charge on any atom is 0.224 e. The van der Waals surface area contributed by atoms with E-state index in [1.165, 1.54) is 6.33 Å². The van der Waals surface area contributed by atoms with Crippen LogP contribution in [0.1, 0.15) is 25.7 Å². The van der Waals surface area contributed by atoms with Crippen LogP contribution in [0.3, 0.4) is 0 Å². The summed E-state index contributed by atoms with van der Waals surface area (Å²) in [6.07, 6.45) is 1.41. The van der Waals surface area contributed by atoms with Crippen molar-refractivity contribution in [1.29, 1.82) is 0 Å². The molecule has 78 valence electrons. The molecule has 14 heavy (non-hydrogen) atoms. The van der Waals surface area contributed by atoms with Crippen LogP contribution < -0.4 is 5.32 Å². The van der Waals surface area contributed by atoms with Gasteiger partial charge >= 0.3 is 0 Å². The lowest BCUT2D eigenvalue weighted by molar-refractivity contribution is -0.124. The second kappa shape index (κ2) is 4.95. The number of nitrogens with zero attached hydrogens (tertiary/aromatic N) is 2. The Bertz CT molecular complexity index is 288. The van der Waals surface area contributed by atoms with Gasteiger partial charge in [-0.1, -0.05) is 6.92 Å². The van der Waals surface area contributed by atoms with Gasteiger partial charge in [0.1, 0.15) is 12.2 Å². The van der Waals surface area contributed by atoms with Crippen LogP contribution in [-0.4, -0.2) is 27.0 Å². The SMILES string of the molecule is CC(CCl)C(=O)NC(C)c1ncn[nH]1. The number of alkyl halides is 1. The summed E-state index contributed by atoms with van der Waals surface area (Å²) >= 11 is 5.56. The molecule has 0 radical (unpaired) electrons. The van der Waals surface area contributed by atoms with Crippen LogP contribution >= 0.6 is 11.6 Å². The highest BCUT2D eigenvalue weighted by Crippen LogP contribution is 2.06. The molecule has 1 heterocycles. The molecule has 0 aromatic carbocycles. The largest absolute Gasteiger partial charge is 0.346 e. The smallest absolute Gasteiger partial charge is 0.224 e. The number of rotatable bonds is 4. The number of H-pyrrole nitrogens is 1. The molecule has 2 atom stereocenters. The molecule has 0 aliphatic carbocycles. The van der Waals surface area contributed by atoms with Crippen molar-refractivity contribution in [3.63, 3.8) is 0 Å². The molecule has 0 aliphatic rings. The van der Waals surface area contributed by atoms with Crippen LogP contribution in [0.2, 0.25) is 0 Å². The molecule has 1 aromatic rings. The average Bonchev–Trinajstić information content (AvgIpc) is 2.69. The van der Waals surface area contributed by atoms with E-state index in [-0.39, 0.29) is 17.9 Å². The Morgan fingerprint density at radius 2 is 2.43 bits per heavy atom. The first kappa shape index (κ1) is 11.0. The molecule has 2 unspecified atom stereocenters. The Morgan fingerprint density at radius 3 is 2.93 bits per heavy atom. The number of aromatic nitrogens is 3. The van der Waals surface area contributed by atoms with Crippen molar-refractivity contribution in [3.05, 3.63) is 12.2 Å². The summed E-state index contributed by atoms with van der Waals surface area (Å²) in [5, 5.41) is 9.17. The van der Waals surface area contributed by atoms with Gasteiger partial charge in [0.15, 0.2) is 0 Å². The van der Waals surface area contributed by atoms with Crippen molar-refractivity contribution < 1.29 is 4.79 Å². The van der Waals surface area contributed by atoms with E-state index in [0.29, 0.717) is 11.7 Å². The fraction of sp³-hybridized carbons (Fsp3) is 0.625. The van der Waals surface area contributed by atoms with Gasteiger partial charge in [0.05, 0.1) is 6.04 Å². The van der Waals surface area contributed by atoms with E-state index in [2.05, 4.69) is 20.5 Å². The van der Waals surface area contributed by atoms with E-state index in [4.69, 9.17) is 11.6 Å². The summed E-state index contributed by atoms with van der Waals surface area (Å²) in [7, 11) is 0. The van der Waals surface area contributed by atoms with Gasteiger partial charge in [-0.2, -0.15) is 5.10 Å². The number of halogens is 1. The van der Waals surface area contributed by atoms with Crippen LogP contribution in [0.4, 0.5) is 0 Å². The molecule has 1 aromatic heterocycles. The molecular formula is C8H13ClN4O. The van der Waals surface area contributed by atoms with Crippen LogP contribution in [0.5, 0.6) is 0 Å². The van der Waals surface area contributed by atoms with Crippen LogP contribution in [0, 0.1) is 5.92 Å². The Kier molecular flexibility index (Phi) is 3.88. The first-order valence-electron chi connectivity index (χ1n) is 4.36. The van der Waals surface area contributed by atoms with Crippen LogP contribution in [0.25, 0.3) is 0 Å². The molecule has 0 fully saturated rings. The normalized spacial score (nSPS) is 14.8. The number of carbonyl (C=O) groups is 1. The Morgan fingerprint density at radius 1 is 1.71 bits per heavy atom. The highest BCUT2D eigenvalue weighted by Gasteiger charge is 2.16. The van der Waals surface area contributed by atoms with Crippen LogP contribution in [-0.2, 0) is 4.79 Å². The third kappa shape index (κ3) is 2.70. The van der Waals surface area contributed by atoms with Crippen molar-refractivity contribution in [2.75, 3.05) is 5.88 Å². The zero-order valence-electron chi connectivity index (χ0n) is 8.12. The quantitative estimate of drug-likeness (QED) is 0.734. The summed E-state index contributed by atoms with van der Waals surface area (Å²) in [5.74, 6) is 0.681. The maximum absolute atomic E-state index is 11.4. The number of hydrogen-bond acceptors (Lipinski definition) is 3. The van der Waals surface area contributed by atoms with Crippen LogP contribution in [0.15, 0.2) is 6.33 Å². The summed E-state index contributed by atoms with van der Waals surface area (Å²) in [4.78, 5) is 15.4. The summed E-state index contributed by atoms with van der Waals surface area (Å²) in [5.41, 5.74) is 0. The van der Waals surface area contributed by atoms with E-state index in [9.17, 15) is 4.79 Å². The zero-order chi connectivity index (χ0) is 10.6. The number of carbonyl (C=O) groups excluding carboxylic acids is 1. The fourth-order valence-electron chi connectivity index (χ4n) is 0.918. The third-order valence-corrected chi connectivity index (χ3v) is 2.34. The zero-order valence-corrected chi connectivity index (χ0v) is 8.88. The summed E-state index contributed by atoms with van der Waals surface area (Å²) in [6.45, 7) is 3.61. The minimum absolute atomic E-state index is 0.0797. The summed E-state index contributed by atoms with van der Waals surface area (Å²) in [6, 6.07) is -0.171. The predicted octanol–water partition coefficient (Wildman–Crippen LogP) is 0.857. The number of nitrogens with one attached hydrogen (secondary N) is 2. The van der Waals surface area contributed by atoms with Gasteiger partial charge in [0.25, 0.3) is 0 Å². The molecule has 2 N–H and O–H groups in total. The van der Waals surface area contributed by atoms with Gasteiger partial charge in [-0.3, -0.25) is 9.89 Å². The van der Waals surface area contributed by atoms with Crippen molar-refractivity contribution >= 4 is 17.5 Å². The average molecular weight is 217 g/mol. The Hall–Kier alpha value is -1.10.